The molecule has 0 aliphatic carbocycles. The summed E-state index contributed by atoms with van der Waals surface area (Å²) >= 11 is 4.98. The maximum Gasteiger partial charge on any atom is 0.242 e. The van der Waals surface area contributed by atoms with E-state index in [-0.39, 0.29) is 5.91 Å². The third-order valence-electron chi connectivity index (χ3n) is 3.90. The van der Waals surface area contributed by atoms with Crippen LogP contribution in [0.2, 0.25) is 0 Å². The van der Waals surface area contributed by atoms with Crippen LogP contribution in [0.1, 0.15) is 17.5 Å². The second kappa shape index (κ2) is 10.8. The van der Waals surface area contributed by atoms with Crippen molar-refractivity contribution in [1.29, 1.82) is 0 Å². The second-order valence-electron chi connectivity index (χ2n) is 6.16. The average Bonchev–Trinajstić information content (AvgIpc) is 2.67. The van der Waals surface area contributed by atoms with Gasteiger partial charge in [-0.2, -0.15) is 16.5 Å². The molecule has 8 heteroatoms. The molecule has 0 aliphatic heterocycles. The van der Waals surface area contributed by atoms with Crippen molar-refractivity contribution in [3.05, 3.63) is 69.5 Å². The molecule has 150 valence electrons. The molecule has 0 spiro atoms. The lowest BCUT2D eigenvalue weighted by Crippen LogP contribution is -2.43. The molecule has 2 N–H and O–H groups in total. The smallest absolute Gasteiger partial charge is 0.242 e. The Hall–Kier alpha value is -1.61. The minimum absolute atomic E-state index is 0.382. The zero-order chi connectivity index (χ0) is 20.6. The quantitative estimate of drug-likeness (QED) is 0.554. The van der Waals surface area contributed by atoms with Crippen molar-refractivity contribution in [3.8, 4) is 0 Å². The molecule has 0 radical (unpaired) electrons. The summed E-state index contributed by atoms with van der Waals surface area (Å²) in [5.41, 5.74) is 2.37. The second-order valence-corrected chi connectivity index (χ2v) is 9.60. The highest BCUT2D eigenvalue weighted by molar-refractivity contribution is 9.10. The number of nitrogens with one attached hydrogen (secondary N) is 2. The number of benzene rings is 2. The maximum atomic E-state index is 12.7. The van der Waals surface area contributed by atoms with Gasteiger partial charge in [0.2, 0.25) is 15.9 Å². The Labute approximate surface area is 179 Å². The number of amides is 1. The van der Waals surface area contributed by atoms with Crippen LogP contribution < -0.4 is 10.0 Å². The molecule has 0 fully saturated rings. The first-order chi connectivity index (χ1) is 13.3. The predicted molar refractivity (Wildman–Crippen MR) is 122 cm³/mol. The van der Waals surface area contributed by atoms with Gasteiger partial charge in [0, 0.05) is 15.6 Å². The van der Waals surface area contributed by atoms with E-state index in [1.165, 1.54) is 6.08 Å². The van der Waals surface area contributed by atoms with E-state index < -0.39 is 16.1 Å². The molecule has 28 heavy (non-hydrogen) atoms. The lowest BCUT2D eigenvalue weighted by atomic mass is 10.2. The highest BCUT2D eigenvalue weighted by Gasteiger charge is 2.23. The van der Waals surface area contributed by atoms with Gasteiger partial charge in [-0.3, -0.25) is 4.79 Å². The molecule has 2 aromatic rings. The summed E-state index contributed by atoms with van der Waals surface area (Å²) in [5.74, 6) is 0.273. The van der Waals surface area contributed by atoms with Gasteiger partial charge in [0.05, 0.1) is 0 Å². The molecule has 2 rings (SSSR count). The van der Waals surface area contributed by atoms with Crippen molar-refractivity contribution in [3.63, 3.8) is 0 Å². The number of carbonyl (C=O) groups is 1. The molecule has 0 heterocycles. The van der Waals surface area contributed by atoms with Crippen molar-refractivity contribution >= 4 is 55.4 Å². The lowest BCUT2D eigenvalue weighted by molar-refractivity contribution is -0.117. The third-order valence-corrected chi connectivity index (χ3v) is 6.54. The van der Waals surface area contributed by atoms with Crippen LogP contribution in [0.3, 0.4) is 0 Å². The van der Waals surface area contributed by atoms with E-state index in [4.69, 9.17) is 0 Å². The summed E-state index contributed by atoms with van der Waals surface area (Å²) in [6.07, 6.45) is 3.81. The fourth-order valence-electron chi connectivity index (χ4n) is 2.40. The van der Waals surface area contributed by atoms with E-state index in [9.17, 15) is 13.2 Å². The zero-order valence-electron chi connectivity index (χ0n) is 15.7. The van der Waals surface area contributed by atoms with Crippen molar-refractivity contribution < 1.29 is 13.2 Å². The molecule has 0 saturated heterocycles. The van der Waals surface area contributed by atoms with Crippen molar-refractivity contribution in [2.75, 3.05) is 17.3 Å². The number of hydrogen-bond acceptors (Lipinski definition) is 4. The number of halogens is 1. The van der Waals surface area contributed by atoms with Gasteiger partial charge < -0.3 is 5.32 Å². The largest absolute Gasteiger partial charge is 0.325 e. The Balaban J connectivity index is 2.11. The van der Waals surface area contributed by atoms with Crippen LogP contribution in [-0.4, -0.2) is 32.4 Å². The van der Waals surface area contributed by atoms with Crippen molar-refractivity contribution in [2.24, 2.45) is 0 Å². The van der Waals surface area contributed by atoms with Crippen LogP contribution in [0.25, 0.3) is 6.08 Å². The average molecular weight is 483 g/mol. The number of carbonyl (C=O) groups excluding carboxylic acids is 1. The van der Waals surface area contributed by atoms with Crippen LogP contribution in [-0.2, 0) is 14.8 Å². The number of rotatable bonds is 9. The standard InChI is InChI=1S/C20H23BrN2O3S2/c1-15-14-17(8-9-18(15)21)22-20(24)19(10-12-27-2)23-28(25,26)13-11-16-6-4-3-5-7-16/h3-9,11,13-14,19,23H,10,12H2,1-2H3,(H,22,24)/b13-11+. The first-order valence-corrected chi connectivity index (χ1v) is 12.4. The van der Waals surface area contributed by atoms with Gasteiger partial charge >= 0.3 is 0 Å². The van der Waals surface area contributed by atoms with Gasteiger partial charge in [-0.15, -0.1) is 0 Å². The van der Waals surface area contributed by atoms with Gasteiger partial charge in [0.1, 0.15) is 6.04 Å². The summed E-state index contributed by atoms with van der Waals surface area (Å²) < 4.78 is 28.3. The van der Waals surface area contributed by atoms with Crippen LogP contribution in [0.15, 0.2) is 58.4 Å². The number of anilines is 1. The highest BCUT2D eigenvalue weighted by Crippen LogP contribution is 2.20. The predicted octanol–water partition coefficient (Wildman–Crippen LogP) is 4.41. The summed E-state index contributed by atoms with van der Waals surface area (Å²) in [4.78, 5) is 12.7. The molecule has 0 bridgehead atoms. The monoisotopic (exact) mass is 482 g/mol. The first-order valence-electron chi connectivity index (χ1n) is 8.62. The summed E-state index contributed by atoms with van der Waals surface area (Å²) in [6, 6.07) is 13.7. The van der Waals surface area contributed by atoms with Crippen LogP contribution >= 0.6 is 27.7 Å². The molecule has 1 atom stereocenters. The third kappa shape index (κ3) is 7.43. The van der Waals surface area contributed by atoms with E-state index >= 15 is 0 Å². The Morgan fingerprint density at radius 3 is 2.57 bits per heavy atom. The van der Waals surface area contributed by atoms with E-state index in [1.54, 1.807) is 30.0 Å². The molecule has 1 amide bonds. The van der Waals surface area contributed by atoms with Gasteiger partial charge in [0.15, 0.2) is 0 Å². The molecular weight excluding hydrogens is 460 g/mol. The number of thioether (sulfide) groups is 1. The number of aryl methyl sites for hydroxylation is 1. The van der Waals surface area contributed by atoms with Crippen LogP contribution in [0.4, 0.5) is 5.69 Å². The Morgan fingerprint density at radius 2 is 1.93 bits per heavy atom. The summed E-state index contributed by atoms with van der Waals surface area (Å²) in [7, 11) is -3.77. The Morgan fingerprint density at radius 1 is 1.21 bits per heavy atom. The van der Waals surface area contributed by atoms with E-state index in [1.807, 2.05) is 43.5 Å². The van der Waals surface area contributed by atoms with Gasteiger partial charge in [-0.25, -0.2) is 8.42 Å². The SMILES string of the molecule is CSCCC(NS(=O)(=O)/C=C/c1ccccc1)C(=O)Nc1ccc(Br)c(C)c1. The minimum atomic E-state index is -3.77. The summed E-state index contributed by atoms with van der Waals surface area (Å²) in [6.45, 7) is 1.92. The number of sulfonamides is 1. The molecule has 0 aliphatic rings. The van der Waals surface area contributed by atoms with Gasteiger partial charge in [-0.1, -0.05) is 46.3 Å². The van der Waals surface area contributed by atoms with E-state index in [2.05, 4.69) is 26.0 Å². The molecule has 0 aromatic heterocycles. The molecule has 2 aromatic carbocycles. The van der Waals surface area contributed by atoms with Crippen molar-refractivity contribution in [2.45, 2.75) is 19.4 Å². The van der Waals surface area contributed by atoms with Crippen molar-refractivity contribution in [1.82, 2.24) is 4.72 Å². The lowest BCUT2D eigenvalue weighted by Gasteiger charge is -2.17. The Bertz CT molecular complexity index is 932. The summed E-state index contributed by atoms with van der Waals surface area (Å²) in [5, 5.41) is 3.88. The van der Waals surface area contributed by atoms with Crippen LogP contribution in [0.5, 0.6) is 0 Å². The minimum Gasteiger partial charge on any atom is -0.325 e. The van der Waals surface area contributed by atoms with E-state index in [0.717, 1.165) is 21.0 Å². The van der Waals surface area contributed by atoms with Gasteiger partial charge in [-0.05, 0) is 60.8 Å². The van der Waals surface area contributed by atoms with E-state index in [0.29, 0.717) is 17.9 Å². The maximum absolute atomic E-state index is 12.7. The Kier molecular flexibility index (Phi) is 8.75. The molecule has 5 nitrogen and oxygen atoms in total. The molecule has 0 saturated carbocycles. The normalized spacial score (nSPS) is 12.8. The van der Waals surface area contributed by atoms with Gasteiger partial charge in [0.25, 0.3) is 0 Å². The number of hydrogen-bond donors (Lipinski definition) is 2. The molecular formula is C20H23BrN2O3S2. The molecule has 1 unspecified atom stereocenters. The fourth-order valence-corrected chi connectivity index (χ4v) is 4.16. The van der Waals surface area contributed by atoms with Crippen LogP contribution in [0, 0.1) is 6.92 Å². The highest BCUT2D eigenvalue weighted by atomic mass is 79.9. The zero-order valence-corrected chi connectivity index (χ0v) is 18.9. The topological polar surface area (TPSA) is 75.3 Å². The first kappa shape index (κ1) is 22.7. The fraction of sp³-hybridized carbons (Fsp3) is 0.250.